The first-order valence-corrected chi connectivity index (χ1v) is 7.64. The number of hydrogen-bond acceptors (Lipinski definition) is 3. The number of aromatic nitrogens is 1. The number of carbonyl (C=O) groups excluding carboxylic acids is 1. The van der Waals surface area contributed by atoms with Crippen molar-refractivity contribution in [2.45, 2.75) is 12.3 Å². The summed E-state index contributed by atoms with van der Waals surface area (Å²) in [5.41, 5.74) is 1.46. The second kappa shape index (κ2) is 5.30. The Bertz CT molecular complexity index is 1040. The molecule has 0 radical (unpaired) electrons. The number of pyridine rings is 1. The molecule has 0 amide bonds. The van der Waals surface area contributed by atoms with E-state index in [9.17, 15) is 14.0 Å². The number of carbonyl (C=O) groups is 1. The molecule has 5 heteroatoms. The van der Waals surface area contributed by atoms with Crippen LogP contribution in [-0.2, 0) is 11.8 Å². The van der Waals surface area contributed by atoms with Gasteiger partial charge in [0.25, 0.3) is 5.56 Å². The molecule has 2 heterocycles. The molecule has 2 aromatic carbocycles. The van der Waals surface area contributed by atoms with Crippen LogP contribution in [0.15, 0.2) is 53.3 Å². The molecule has 0 N–H and O–H groups in total. The van der Waals surface area contributed by atoms with Crippen molar-refractivity contribution in [1.82, 2.24) is 4.57 Å². The van der Waals surface area contributed by atoms with E-state index in [0.29, 0.717) is 27.8 Å². The van der Waals surface area contributed by atoms with Gasteiger partial charge in [-0.15, -0.1) is 0 Å². The third-order valence-corrected chi connectivity index (χ3v) is 4.48. The molecule has 0 unspecified atom stereocenters. The van der Waals surface area contributed by atoms with Gasteiger partial charge in [-0.3, -0.25) is 9.59 Å². The van der Waals surface area contributed by atoms with E-state index < -0.39 is 17.7 Å². The van der Waals surface area contributed by atoms with Gasteiger partial charge in [-0.25, -0.2) is 4.39 Å². The maximum Gasteiger partial charge on any atom is 0.312 e. The lowest BCUT2D eigenvalue weighted by Gasteiger charge is -2.26. The molecular formula is C19H14FNO3. The molecule has 0 fully saturated rings. The van der Waals surface area contributed by atoms with E-state index in [1.165, 1.54) is 12.1 Å². The highest BCUT2D eigenvalue weighted by molar-refractivity contribution is 5.91. The smallest absolute Gasteiger partial charge is 0.312 e. The highest BCUT2D eigenvalue weighted by Gasteiger charge is 2.33. The number of hydrogen-bond donors (Lipinski definition) is 0. The molecule has 1 aliphatic heterocycles. The maximum atomic E-state index is 13.6. The van der Waals surface area contributed by atoms with E-state index in [4.69, 9.17) is 4.74 Å². The van der Waals surface area contributed by atoms with Gasteiger partial charge in [0.1, 0.15) is 11.6 Å². The number of ether oxygens (including phenoxy) is 1. The minimum atomic E-state index is -0.514. The molecule has 4 rings (SSSR count). The summed E-state index contributed by atoms with van der Waals surface area (Å²) in [4.78, 5) is 25.0. The normalized spacial score (nSPS) is 16.8. The molecular weight excluding hydrogens is 309 g/mol. The fourth-order valence-electron chi connectivity index (χ4n) is 3.34. The molecule has 0 bridgehead atoms. The zero-order valence-corrected chi connectivity index (χ0v) is 13.0. The van der Waals surface area contributed by atoms with Gasteiger partial charge < -0.3 is 9.30 Å². The van der Waals surface area contributed by atoms with Crippen LogP contribution in [0.2, 0.25) is 0 Å². The van der Waals surface area contributed by atoms with Crippen molar-refractivity contribution in [3.05, 3.63) is 75.8 Å². The Hall–Kier alpha value is -2.95. The minimum absolute atomic E-state index is 0.0179. The Labute approximate surface area is 137 Å². The second-order valence-electron chi connectivity index (χ2n) is 5.91. The Morgan fingerprint density at radius 1 is 1.12 bits per heavy atom. The zero-order chi connectivity index (χ0) is 16.8. The van der Waals surface area contributed by atoms with E-state index in [1.807, 2.05) is 18.2 Å². The molecule has 0 spiro atoms. The van der Waals surface area contributed by atoms with Gasteiger partial charge in [0, 0.05) is 18.4 Å². The summed E-state index contributed by atoms with van der Waals surface area (Å²) in [6.07, 6.45) is 0.0179. The predicted molar refractivity (Wildman–Crippen MR) is 87.7 cm³/mol. The van der Waals surface area contributed by atoms with E-state index >= 15 is 0 Å². The second-order valence-corrected chi connectivity index (χ2v) is 5.91. The van der Waals surface area contributed by atoms with Crippen LogP contribution in [0.25, 0.3) is 10.9 Å². The van der Waals surface area contributed by atoms with Crippen LogP contribution in [0.3, 0.4) is 0 Å². The van der Waals surface area contributed by atoms with Crippen LogP contribution in [0.1, 0.15) is 23.5 Å². The maximum absolute atomic E-state index is 13.6. The summed E-state index contributed by atoms with van der Waals surface area (Å²) < 4.78 is 20.6. The van der Waals surface area contributed by atoms with E-state index in [0.717, 1.165) is 0 Å². The van der Waals surface area contributed by atoms with Gasteiger partial charge in [0.2, 0.25) is 0 Å². The highest BCUT2D eigenvalue weighted by Crippen LogP contribution is 2.40. The lowest BCUT2D eigenvalue weighted by molar-refractivity contribution is -0.135. The van der Waals surface area contributed by atoms with Crippen molar-refractivity contribution in [2.75, 3.05) is 0 Å². The molecule has 1 aromatic heterocycles. The highest BCUT2D eigenvalue weighted by atomic mass is 19.1. The molecule has 120 valence electrons. The molecule has 4 nitrogen and oxygen atoms in total. The third-order valence-electron chi connectivity index (χ3n) is 4.48. The van der Waals surface area contributed by atoms with Crippen molar-refractivity contribution < 1.29 is 13.9 Å². The fourth-order valence-corrected chi connectivity index (χ4v) is 3.34. The van der Waals surface area contributed by atoms with Crippen LogP contribution < -0.4 is 10.3 Å². The number of benzene rings is 2. The van der Waals surface area contributed by atoms with Crippen LogP contribution in [0.5, 0.6) is 5.75 Å². The third kappa shape index (κ3) is 2.12. The van der Waals surface area contributed by atoms with Gasteiger partial charge >= 0.3 is 5.97 Å². The van der Waals surface area contributed by atoms with E-state index in [-0.39, 0.29) is 12.0 Å². The average molecular weight is 323 g/mol. The topological polar surface area (TPSA) is 48.3 Å². The van der Waals surface area contributed by atoms with Crippen molar-refractivity contribution >= 4 is 16.9 Å². The van der Waals surface area contributed by atoms with Gasteiger partial charge in [0.05, 0.1) is 17.5 Å². The number of aryl methyl sites for hydroxylation is 1. The van der Waals surface area contributed by atoms with Gasteiger partial charge in [-0.05, 0) is 29.8 Å². The SMILES string of the molecule is Cn1c(=O)c2c(c3ccccc31)OC(=O)C[C@@H]2c1cccc(F)c1. The Morgan fingerprint density at radius 2 is 1.92 bits per heavy atom. The number of para-hydroxylation sites is 1. The summed E-state index contributed by atoms with van der Waals surface area (Å²) in [6.45, 7) is 0. The quantitative estimate of drug-likeness (QED) is 0.647. The van der Waals surface area contributed by atoms with Gasteiger partial charge in [-0.1, -0.05) is 24.3 Å². The van der Waals surface area contributed by atoms with Crippen molar-refractivity contribution in [2.24, 2.45) is 7.05 Å². The summed E-state index contributed by atoms with van der Waals surface area (Å²) in [5, 5.41) is 0.698. The minimum Gasteiger partial charge on any atom is -0.425 e. The summed E-state index contributed by atoms with van der Waals surface area (Å²) >= 11 is 0. The molecule has 3 aromatic rings. The summed E-state index contributed by atoms with van der Waals surface area (Å²) in [5.74, 6) is -1.04. The lowest BCUT2D eigenvalue weighted by Crippen LogP contribution is -2.31. The molecule has 0 saturated heterocycles. The van der Waals surface area contributed by atoms with Crippen molar-refractivity contribution in [3.63, 3.8) is 0 Å². The average Bonchev–Trinajstić information content (AvgIpc) is 2.59. The number of esters is 1. The first-order valence-electron chi connectivity index (χ1n) is 7.64. The van der Waals surface area contributed by atoms with Crippen LogP contribution in [0, 0.1) is 5.82 Å². The molecule has 1 aliphatic rings. The molecule has 0 saturated carbocycles. The number of nitrogens with zero attached hydrogens (tertiary/aromatic N) is 1. The predicted octanol–water partition coefficient (Wildman–Crippen LogP) is 3.12. The van der Waals surface area contributed by atoms with Gasteiger partial charge in [-0.2, -0.15) is 0 Å². The van der Waals surface area contributed by atoms with Crippen molar-refractivity contribution in [3.8, 4) is 5.75 Å². The first-order chi connectivity index (χ1) is 11.6. The van der Waals surface area contributed by atoms with Gasteiger partial charge in [0.15, 0.2) is 0 Å². The zero-order valence-electron chi connectivity index (χ0n) is 13.0. The summed E-state index contributed by atoms with van der Waals surface area (Å²) in [6, 6.07) is 13.3. The van der Waals surface area contributed by atoms with E-state index in [2.05, 4.69) is 0 Å². The largest absolute Gasteiger partial charge is 0.425 e. The molecule has 0 aliphatic carbocycles. The van der Waals surface area contributed by atoms with Crippen LogP contribution in [-0.4, -0.2) is 10.5 Å². The lowest BCUT2D eigenvalue weighted by atomic mass is 9.86. The molecule has 1 atom stereocenters. The standard InChI is InChI=1S/C19H14FNO3/c1-21-15-8-3-2-7-13(15)18-17(19(21)23)14(10-16(22)24-18)11-5-4-6-12(20)9-11/h2-9,14H,10H2,1H3/t14-/m1/s1. The Balaban J connectivity index is 2.07. The van der Waals surface area contributed by atoms with Crippen molar-refractivity contribution in [1.29, 1.82) is 0 Å². The first kappa shape index (κ1) is 14.6. The van der Waals surface area contributed by atoms with Crippen LogP contribution in [0.4, 0.5) is 4.39 Å². The Kier molecular flexibility index (Phi) is 3.23. The number of rotatable bonds is 1. The fraction of sp³-hybridized carbons (Fsp3) is 0.158. The van der Waals surface area contributed by atoms with E-state index in [1.54, 1.807) is 29.8 Å². The molecule has 24 heavy (non-hydrogen) atoms. The summed E-state index contributed by atoms with van der Waals surface area (Å²) in [7, 11) is 1.68. The number of halogens is 1. The Morgan fingerprint density at radius 3 is 2.71 bits per heavy atom. The number of fused-ring (bicyclic) bond motifs is 3. The monoisotopic (exact) mass is 323 g/mol. The van der Waals surface area contributed by atoms with Crippen LogP contribution >= 0.6 is 0 Å².